The number of ether oxygens (including phenoxy) is 2. The average Bonchev–Trinajstić information content (AvgIpc) is 2.95. The van der Waals surface area contributed by atoms with Crippen LogP contribution in [-0.4, -0.2) is 65.4 Å². The number of hydrogen-bond donors (Lipinski definition) is 2. The van der Waals surface area contributed by atoms with Crippen LogP contribution in [0.1, 0.15) is 47.5 Å². The number of nitrogens with one attached hydrogen (secondary N) is 1. The molecule has 1 aliphatic carbocycles. The van der Waals surface area contributed by atoms with E-state index in [9.17, 15) is 19.5 Å². The number of rotatable bonds is 4. The van der Waals surface area contributed by atoms with Crippen LogP contribution >= 0.6 is 0 Å². The van der Waals surface area contributed by atoms with Crippen molar-refractivity contribution in [2.24, 2.45) is 23.2 Å². The first-order valence-corrected chi connectivity index (χ1v) is 10.0. The number of piperidine rings is 1. The Kier molecular flexibility index (Phi) is 5.38. The van der Waals surface area contributed by atoms with E-state index in [0.717, 1.165) is 0 Å². The first-order chi connectivity index (χ1) is 12.9. The fourth-order valence-corrected chi connectivity index (χ4v) is 4.84. The quantitative estimate of drug-likeness (QED) is 0.752. The number of fused-ring (bicyclic) bond motifs is 1. The van der Waals surface area contributed by atoms with Crippen molar-refractivity contribution in [3.05, 3.63) is 0 Å². The van der Waals surface area contributed by atoms with Crippen LogP contribution in [0.5, 0.6) is 0 Å². The van der Waals surface area contributed by atoms with Crippen LogP contribution in [0.4, 0.5) is 4.79 Å². The van der Waals surface area contributed by atoms with Crippen LogP contribution in [0.2, 0.25) is 0 Å². The number of carboxylic acids is 1. The number of carbonyl (C=O) groups excluding carboxylic acids is 2. The number of carboxylic acid groups (broad SMARTS) is 1. The van der Waals surface area contributed by atoms with E-state index in [-0.39, 0.29) is 29.1 Å². The van der Waals surface area contributed by atoms with E-state index >= 15 is 0 Å². The molecule has 0 spiro atoms. The number of hydrogen-bond acceptors (Lipinski definition) is 5. The Balaban J connectivity index is 1.78. The molecular weight excluding hydrogens is 364 g/mol. The number of aliphatic carboxylic acids is 1. The summed E-state index contributed by atoms with van der Waals surface area (Å²) in [7, 11) is 0. The van der Waals surface area contributed by atoms with Gasteiger partial charge < -0.3 is 24.8 Å². The molecule has 2 N–H and O–H groups in total. The maximum absolute atomic E-state index is 13.4. The molecule has 4 atom stereocenters. The maximum atomic E-state index is 13.4. The predicted octanol–water partition coefficient (Wildman–Crippen LogP) is 1.87. The molecule has 3 fully saturated rings. The van der Waals surface area contributed by atoms with E-state index in [1.54, 1.807) is 20.8 Å². The fraction of sp³-hybridized carbons (Fsp3) is 0.850. The van der Waals surface area contributed by atoms with Gasteiger partial charge in [0.25, 0.3) is 0 Å². The molecule has 2 aliphatic heterocycles. The van der Waals surface area contributed by atoms with Gasteiger partial charge in [-0.05, 0) is 50.9 Å². The summed E-state index contributed by atoms with van der Waals surface area (Å²) in [5.41, 5.74) is -0.747. The molecule has 28 heavy (non-hydrogen) atoms. The van der Waals surface area contributed by atoms with E-state index in [0.29, 0.717) is 32.6 Å². The van der Waals surface area contributed by atoms with Gasteiger partial charge in [0, 0.05) is 25.7 Å². The second kappa shape index (κ2) is 7.21. The molecule has 2 heterocycles. The second-order valence-corrected chi connectivity index (χ2v) is 9.80. The number of likely N-dealkylation sites (tertiary alicyclic amines) is 1. The summed E-state index contributed by atoms with van der Waals surface area (Å²) >= 11 is 0. The summed E-state index contributed by atoms with van der Waals surface area (Å²) in [6.45, 7) is 10.8. The highest BCUT2D eigenvalue weighted by Crippen LogP contribution is 2.64. The molecule has 0 bridgehead atoms. The number of nitrogens with zero attached hydrogens (tertiary/aromatic N) is 1. The first kappa shape index (κ1) is 20.9. The third kappa shape index (κ3) is 3.97. The molecule has 8 heteroatoms. The second-order valence-electron chi connectivity index (χ2n) is 9.80. The average molecular weight is 396 g/mol. The van der Waals surface area contributed by atoms with Crippen molar-refractivity contribution in [3.63, 3.8) is 0 Å². The summed E-state index contributed by atoms with van der Waals surface area (Å²) < 4.78 is 10.7. The van der Waals surface area contributed by atoms with E-state index in [1.807, 2.05) is 0 Å². The summed E-state index contributed by atoms with van der Waals surface area (Å²) in [4.78, 5) is 39.1. The molecule has 1 saturated carbocycles. The molecule has 3 aliphatic rings. The van der Waals surface area contributed by atoms with Crippen molar-refractivity contribution in [2.75, 3.05) is 19.8 Å². The van der Waals surface area contributed by atoms with Crippen LogP contribution in [0.15, 0.2) is 0 Å². The van der Waals surface area contributed by atoms with Gasteiger partial charge in [-0.15, -0.1) is 0 Å². The molecule has 8 nitrogen and oxygen atoms in total. The standard InChI is InChI=1S/C20H32N2O6/c1-19(2,3)28-18(26)21-14(11-6-8-27-9-7-11)16(23)22-10-12-13(20(12,4)5)15(22)17(24)25/h11-15H,6-10H2,1-5H3,(H,21,26)(H,24,25)/t12-,13-,14-,15-/m0/s1. The van der Waals surface area contributed by atoms with Crippen LogP contribution < -0.4 is 5.32 Å². The van der Waals surface area contributed by atoms with Crippen LogP contribution in [0, 0.1) is 23.2 Å². The summed E-state index contributed by atoms with van der Waals surface area (Å²) in [5, 5.41) is 12.5. The Hall–Kier alpha value is -1.83. The van der Waals surface area contributed by atoms with Gasteiger partial charge in [-0.2, -0.15) is 0 Å². The smallest absolute Gasteiger partial charge is 0.408 e. The minimum Gasteiger partial charge on any atom is -0.480 e. The van der Waals surface area contributed by atoms with E-state index in [2.05, 4.69) is 19.2 Å². The highest BCUT2D eigenvalue weighted by atomic mass is 16.6. The lowest BCUT2D eigenvalue weighted by Gasteiger charge is -2.36. The third-order valence-corrected chi connectivity index (χ3v) is 6.42. The van der Waals surface area contributed by atoms with Crippen molar-refractivity contribution in [1.29, 1.82) is 0 Å². The Morgan fingerprint density at radius 3 is 2.36 bits per heavy atom. The van der Waals surface area contributed by atoms with Crippen molar-refractivity contribution >= 4 is 18.0 Å². The predicted molar refractivity (Wildman–Crippen MR) is 101 cm³/mol. The Labute approximate surface area is 165 Å². The van der Waals surface area contributed by atoms with Crippen LogP contribution in [-0.2, 0) is 19.1 Å². The Morgan fingerprint density at radius 1 is 1.21 bits per heavy atom. The van der Waals surface area contributed by atoms with E-state index < -0.39 is 29.7 Å². The third-order valence-electron chi connectivity index (χ3n) is 6.42. The zero-order chi connectivity index (χ0) is 20.9. The van der Waals surface area contributed by atoms with Crippen molar-refractivity contribution in [1.82, 2.24) is 10.2 Å². The highest BCUT2D eigenvalue weighted by Gasteiger charge is 2.70. The topological polar surface area (TPSA) is 105 Å². The molecule has 0 aromatic carbocycles. The largest absolute Gasteiger partial charge is 0.480 e. The van der Waals surface area contributed by atoms with Crippen molar-refractivity contribution in [2.45, 2.75) is 65.1 Å². The normalized spacial score (nSPS) is 30.3. The maximum Gasteiger partial charge on any atom is 0.408 e. The summed E-state index contributed by atoms with van der Waals surface area (Å²) in [6.07, 6.45) is 0.612. The first-order valence-electron chi connectivity index (χ1n) is 10.0. The van der Waals surface area contributed by atoms with Gasteiger partial charge in [0.05, 0.1) is 0 Å². The monoisotopic (exact) mass is 396 g/mol. The van der Waals surface area contributed by atoms with Gasteiger partial charge in [-0.1, -0.05) is 13.8 Å². The van der Waals surface area contributed by atoms with Gasteiger partial charge in [0.2, 0.25) is 5.91 Å². The molecule has 2 saturated heterocycles. The molecule has 0 unspecified atom stereocenters. The SMILES string of the molecule is CC(C)(C)OC(=O)N[C@H](C(=O)N1C[C@H]2[C@@H]([C@H]1C(=O)O)C2(C)C)C1CCOCC1. The summed E-state index contributed by atoms with van der Waals surface area (Å²) in [5.74, 6) is -1.25. The lowest BCUT2D eigenvalue weighted by Crippen LogP contribution is -2.57. The van der Waals surface area contributed by atoms with Crippen molar-refractivity contribution < 1.29 is 29.0 Å². The molecule has 158 valence electrons. The van der Waals surface area contributed by atoms with E-state index in [4.69, 9.17) is 9.47 Å². The zero-order valence-electron chi connectivity index (χ0n) is 17.4. The Bertz CT molecular complexity index is 650. The lowest BCUT2D eigenvalue weighted by atomic mass is 9.90. The number of carbonyl (C=O) groups is 3. The molecule has 2 amide bonds. The van der Waals surface area contributed by atoms with Crippen LogP contribution in [0.3, 0.4) is 0 Å². The van der Waals surface area contributed by atoms with Gasteiger partial charge in [-0.25, -0.2) is 9.59 Å². The fourth-order valence-electron chi connectivity index (χ4n) is 4.84. The van der Waals surface area contributed by atoms with Crippen molar-refractivity contribution in [3.8, 4) is 0 Å². The van der Waals surface area contributed by atoms with Gasteiger partial charge in [0.1, 0.15) is 17.7 Å². The van der Waals surface area contributed by atoms with Gasteiger partial charge in [0.15, 0.2) is 0 Å². The molecule has 0 aromatic heterocycles. The minimum atomic E-state index is -0.977. The van der Waals surface area contributed by atoms with Gasteiger partial charge in [-0.3, -0.25) is 4.79 Å². The number of alkyl carbamates (subject to hydrolysis) is 1. The highest BCUT2D eigenvalue weighted by molar-refractivity contribution is 5.91. The molecule has 0 radical (unpaired) electrons. The Morgan fingerprint density at radius 2 is 1.82 bits per heavy atom. The van der Waals surface area contributed by atoms with Gasteiger partial charge >= 0.3 is 12.1 Å². The zero-order valence-corrected chi connectivity index (χ0v) is 17.4. The molecule has 3 rings (SSSR count). The molecule has 0 aromatic rings. The minimum absolute atomic E-state index is 0.0363. The number of amides is 2. The van der Waals surface area contributed by atoms with Crippen LogP contribution in [0.25, 0.3) is 0 Å². The van der Waals surface area contributed by atoms with E-state index in [1.165, 1.54) is 4.90 Å². The lowest BCUT2D eigenvalue weighted by molar-refractivity contribution is -0.152. The molecular formula is C20H32N2O6. The summed E-state index contributed by atoms with van der Waals surface area (Å²) in [6, 6.07) is -1.64.